The topological polar surface area (TPSA) is 73.6 Å². The van der Waals surface area contributed by atoms with Crippen LogP contribution in [0.4, 0.5) is 0 Å². The van der Waals surface area contributed by atoms with E-state index >= 15 is 0 Å². The minimum atomic E-state index is -0.148. The predicted molar refractivity (Wildman–Crippen MR) is 90.5 cm³/mol. The fourth-order valence-corrected chi connectivity index (χ4v) is 2.55. The van der Waals surface area contributed by atoms with E-state index in [0.717, 1.165) is 28.2 Å². The largest absolute Gasteiger partial charge is 0.351 e. The maximum absolute atomic E-state index is 12.3. The summed E-state index contributed by atoms with van der Waals surface area (Å²) in [5.41, 5.74) is 5.27. The number of amides is 1. The Labute approximate surface area is 139 Å². The van der Waals surface area contributed by atoms with Gasteiger partial charge in [-0.1, -0.05) is 23.7 Å². The van der Waals surface area contributed by atoms with Crippen LogP contribution in [-0.4, -0.2) is 21.1 Å². The highest BCUT2D eigenvalue weighted by molar-refractivity contribution is 6.30. The number of carbonyl (C=O) groups excluding carboxylic acids is 1. The molecule has 3 aromatic rings. The molecule has 0 aliphatic heterocycles. The van der Waals surface area contributed by atoms with Gasteiger partial charge in [0.2, 0.25) is 0 Å². The molecule has 1 amide bonds. The van der Waals surface area contributed by atoms with Crippen molar-refractivity contribution in [2.45, 2.75) is 20.4 Å². The molecule has 0 fully saturated rings. The molecule has 6 heteroatoms. The number of aryl methyl sites for hydroxylation is 2. The van der Waals surface area contributed by atoms with Gasteiger partial charge >= 0.3 is 0 Å². The summed E-state index contributed by atoms with van der Waals surface area (Å²) in [6.45, 7) is 4.30. The molecule has 118 valence electrons. The van der Waals surface area contributed by atoms with Gasteiger partial charge in [0.1, 0.15) is 5.69 Å². The van der Waals surface area contributed by atoms with Crippen LogP contribution in [0.25, 0.3) is 11.3 Å². The Morgan fingerprint density at radius 2 is 1.91 bits per heavy atom. The summed E-state index contributed by atoms with van der Waals surface area (Å²) in [6.07, 6.45) is 0. The van der Waals surface area contributed by atoms with E-state index in [0.29, 0.717) is 17.3 Å². The summed E-state index contributed by atoms with van der Waals surface area (Å²) in [6, 6.07) is 11.1. The minimum Gasteiger partial charge on any atom is -0.351 e. The van der Waals surface area contributed by atoms with Gasteiger partial charge in [0.25, 0.3) is 5.91 Å². The number of nitrogens with zero attached hydrogens (tertiary/aromatic N) is 1. The lowest BCUT2D eigenvalue weighted by molar-refractivity contribution is 0.0946. The second kappa shape index (κ2) is 6.30. The molecule has 1 aromatic carbocycles. The molecule has 0 bridgehead atoms. The zero-order valence-electron chi connectivity index (χ0n) is 12.9. The second-order valence-corrected chi connectivity index (χ2v) is 5.82. The van der Waals surface area contributed by atoms with E-state index in [-0.39, 0.29) is 5.91 Å². The number of nitrogens with one attached hydrogen (secondary N) is 3. The summed E-state index contributed by atoms with van der Waals surface area (Å²) >= 11 is 5.89. The summed E-state index contributed by atoms with van der Waals surface area (Å²) in [5.74, 6) is -0.148. The van der Waals surface area contributed by atoms with Gasteiger partial charge < -0.3 is 10.3 Å². The first kappa shape index (κ1) is 15.4. The molecule has 5 nitrogen and oxygen atoms in total. The number of H-pyrrole nitrogens is 2. The highest BCUT2D eigenvalue weighted by Crippen LogP contribution is 2.21. The normalized spacial score (nSPS) is 10.7. The Balaban J connectivity index is 1.70. The number of aromatic amines is 2. The van der Waals surface area contributed by atoms with Crippen molar-refractivity contribution in [1.29, 1.82) is 0 Å². The van der Waals surface area contributed by atoms with E-state index in [1.54, 1.807) is 6.07 Å². The van der Waals surface area contributed by atoms with Gasteiger partial charge in [-0.3, -0.25) is 9.89 Å². The quantitative estimate of drug-likeness (QED) is 0.684. The standard InChI is InChI=1S/C17H17ClN4O/c1-10-14(11(2)22-21-10)9-19-17(23)16-8-7-15(20-16)12-3-5-13(18)6-4-12/h3-8,20H,9H2,1-2H3,(H,19,23)(H,21,22). The number of hydrogen-bond donors (Lipinski definition) is 3. The molecule has 0 atom stereocenters. The summed E-state index contributed by atoms with van der Waals surface area (Å²) in [5, 5.41) is 10.6. The first-order valence-corrected chi connectivity index (χ1v) is 7.66. The first-order chi connectivity index (χ1) is 11.0. The molecule has 3 N–H and O–H groups in total. The maximum Gasteiger partial charge on any atom is 0.267 e. The van der Waals surface area contributed by atoms with E-state index in [1.165, 1.54) is 0 Å². The van der Waals surface area contributed by atoms with E-state index in [4.69, 9.17) is 11.6 Å². The zero-order valence-corrected chi connectivity index (χ0v) is 13.7. The van der Waals surface area contributed by atoms with Crippen LogP contribution in [0.2, 0.25) is 5.02 Å². The van der Waals surface area contributed by atoms with Crippen molar-refractivity contribution in [3.63, 3.8) is 0 Å². The molecule has 2 aromatic heterocycles. The molecule has 2 heterocycles. The van der Waals surface area contributed by atoms with Crippen LogP contribution in [0, 0.1) is 13.8 Å². The molecule has 23 heavy (non-hydrogen) atoms. The smallest absolute Gasteiger partial charge is 0.267 e. The minimum absolute atomic E-state index is 0.148. The van der Waals surface area contributed by atoms with Crippen molar-refractivity contribution in [2.75, 3.05) is 0 Å². The fourth-order valence-electron chi connectivity index (χ4n) is 2.42. The molecule has 0 saturated carbocycles. The Bertz CT molecular complexity index is 813. The van der Waals surface area contributed by atoms with E-state index in [9.17, 15) is 4.79 Å². The molecule has 0 aliphatic rings. The molecule has 0 saturated heterocycles. The highest BCUT2D eigenvalue weighted by atomic mass is 35.5. The third kappa shape index (κ3) is 3.29. The number of halogens is 1. The zero-order chi connectivity index (χ0) is 16.4. The van der Waals surface area contributed by atoms with E-state index in [1.807, 2.05) is 44.2 Å². The van der Waals surface area contributed by atoms with Gasteiger partial charge in [0.15, 0.2) is 0 Å². The molecule has 0 unspecified atom stereocenters. The molecule has 3 rings (SSSR count). The maximum atomic E-state index is 12.3. The van der Waals surface area contributed by atoms with Gasteiger partial charge in [0, 0.05) is 28.5 Å². The van der Waals surface area contributed by atoms with Gasteiger partial charge in [-0.25, -0.2) is 0 Å². The second-order valence-electron chi connectivity index (χ2n) is 5.39. The van der Waals surface area contributed by atoms with Gasteiger partial charge in [0.05, 0.1) is 5.69 Å². The summed E-state index contributed by atoms with van der Waals surface area (Å²) in [4.78, 5) is 15.4. The van der Waals surface area contributed by atoms with Gasteiger partial charge in [-0.15, -0.1) is 0 Å². The van der Waals surface area contributed by atoms with E-state index < -0.39 is 0 Å². The van der Waals surface area contributed by atoms with Crippen molar-refractivity contribution in [1.82, 2.24) is 20.5 Å². The first-order valence-electron chi connectivity index (χ1n) is 7.28. The molecule has 0 radical (unpaired) electrons. The average Bonchev–Trinajstić information content (AvgIpc) is 3.14. The summed E-state index contributed by atoms with van der Waals surface area (Å²) in [7, 11) is 0. The van der Waals surface area contributed by atoms with Crippen molar-refractivity contribution < 1.29 is 4.79 Å². The van der Waals surface area contributed by atoms with Crippen LogP contribution in [0.3, 0.4) is 0 Å². The third-order valence-electron chi connectivity index (χ3n) is 3.79. The lowest BCUT2D eigenvalue weighted by Crippen LogP contribution is -2.23. The van der Waals surface area contributed by atoms with Crippen molar-refractivity contribution in [3.05, 3.63) is 64.1 Å². The average molecular weight is 329 g/mol. The molecule has 0 spiro atoms. The van der Waals surface area contributed by atoms with Crippen LogP contribution in [-0.2, 0) is 6.54 Å². The Kier molecular flexibility index (Phi) is 4.21. The Hall–Kier alpha value is -2.53. The molecule has 0 aliphatic carbocycles. The van der Waals surface area contributed by atoms with Crippen LogP contribution >= 0.6 is 11.6 Å². The van der Waals surface area contributed by atoms with Crippen LogP contribution in [0.15, 0.2) is 36.4 Å². The highest BCUT2D eigenvalue weighted by Gasteiger charge is 2.12. The van der Waals surface area contributed by atoms with Crippen molar-refractivity contribution in [3.8, 4) is 11.3 Å². The number of hydrogen-bond acceptors (Lipinski definition) is 2. The number of carbonyl (C=O) groups is 1. The van der Waals surface area contributed by atoms with Gasteiger partial charge in [-0.2, -0.15) is 5.10 Å². The SMILES string of the molecule is Cc1n[nH]c(C)c1CNC(=O)c1ccc(-c2ccc(Cl)cc2)[nH]1. The molecular formula is C17H17ClN4O. The van der Waals surface area contributed by atoms with Crippen LogP contribution in [0.5, 0.6) is 0 Å². The van der Waals surface area contributed by atoms with E-state index in [2.05, 4.69) is 20.5 Å². The number of benzene rings is 1. The Morgan fingerprint density at radius 1 is 1.17 bits per heavy atom. The number of rotatable bonds is 4. The lowest BCUT2D eigenvalue weighted by Gasteiger charge is -2.04. The van der Waals surface area contributed by atoms with Crippen molar-refractivity contribution in [2.24, 2.45) is 0 Å². The predicted octanol–water partition coefficient (Wildman–Crippen LogP) is 3.61. The Morgan fingerprint density at radius 3 is 2.57 bits per heavy atom. The fraction of sp³-hybridized carbons (Fsp3) is 0.176. The molecular weight excluding hydrogens is 312 g/mol. The summed E-state index contributed by atoms with van der Waals surface area (Å²) < 4.78 is 0. The van der Waals surface area contributed by atoms with Crippen LogP contribution in [0.1, 0.15) is 27.4 Å². The van der Waals surface area contributed by atoms with Gasteiger partial charge in [-0.05, 0) is 43.7 Å². The third-order valence-corrected chi connectivity index (χ3v) is 4.04. The monoisotopic (exact) mass is 328 g/mol. The van der Waals surface area contributed by atoms with Crippen LogP contribution < -0.4 is 5.32 Å². The van der Waals surface area contributed by atoms with Crippen molar-refractivity contribution >= 4 is 17.5 Å². The number of aromatic nitrogens is 3. The lowest BCUT2D eigenvalue weighted by atomic mass is 10.2.